The van der Waals surface area contributed by atoms with Crippen LogP contribution in [0.4, 0.5) is 0 Å². The molecule has 0 spiro atoms. The molecule has 1 saturated carbocycles. The summed E-state index contributed by atoms with van der Waals surface area (Å²) in [6.45, 7) is 1.98. The first-order valence-corrected chi connectivity index (χ1v) is 10.3. The van der Waals surface area contributed by atoms with Crippen LogP contribution < -0.4 is 10.9 Å². The SMILES string of the molecule is Cc1ccc2cc(-c3noc(CCCC(=O)NC4CCCCC4)n3)c(=O)[nH]c2c1. The maximum absolute atomic E-state index is 12.4. The first kappa shape index (κ1) is 19.4. The Morgan fingerprint density at radius 1 is 1.24 bits per heavy atom. The van der Waals surface area contributed by atoms with Gasteiger partial charge in [-0.05, 0) is 49.3 Å². The number of amides is 1. The van der Waals surface area contributed by atoms with Crippen LogP contribution >= 0.6 is 0 Å². The molecule has 152 valence electrons. The van der Waals surface area contributed by atoms with Crippen molar-refractivity contribution in [2.24, 2.45) is 0 Å². The van der Waals surface area contributed by atoms with Gasteiger partial charge in [0.25, 0.3) is 5.56 Å². The van der Waals surface area contributed by atoms with Gasteiger partial charge in [-0.3, -0.25) is 9.59 Å². The molecule has 0 radical (unpaired) electrons. The summed E-state index contributed by atoms with van der Waals surface area (Å²) in [5.74, 6) is 0.794. The predicted molar refractivity (Wildman–Crippen MR) is 111 cm³/mol. The number of H-pyrrole nitrogens is 1. The van der Waals surface area contributed by atoms with Gasteiger partial charge in [0.1, 0.15) is 0 Å². The monoisotopic (exact) mass is 394 g/mol. The number of aromatic amines is 1. The number of hydrogen-bond donors (Lipinski definition) is 2. The van der Waals surface area contributed by atoms with Gasteiger partial charge in [0.15, 0.2) is 0 Å². The van der Waals surface area contributed by atoms with Crippen LogP contribution in [0.1, 0.15) is 56.4 Å². The van der Waals surface area contributed by atoms with Crippen molar-refractivity contribution in [3.05, 3.63) is 46.1 Å². The van der Waals surface area contributed by atoms with Crippen molar-refractivity contribution < 1.29 is 9.32 Å². The standard InChI is InChI=1S/C22H26N4O3/c1-14-10-11-15-13-17(22(28)24-18(15)12-14)21-25-20(29-26-21)9-5-8-19(27)23-16-6-3-2-4-7-16/h10-13,16H,2-9H2,1H3,(H,23,27)(H,24,28). The Balaban J connectivity index is 1.36. The number of rotatable bonds is 6. The molecular formula is C22H26N4O3. The lowest BCUT2D eigenvalue weighted by Gasteiger charge is -2.22. The number of aryl methyl sites for hydroxylation is 2. The second-order valence-electron chi connectivity index (χ2n) is 7.87. The van der Waals surface area contributed by atoms with Gasteiger partial charge in [-0.1, -0.05) is 36.6 Å². The fourth-order valence-corrected chi connectivity index (χ4v) is 3.89. The molecule has 1 aliphatic carbocycles. The number of carbonyl (C=O) groups excluding carboxylic acids is 1. The van der Waals surface area contributed by atoms with E-state index in [4.69, 9.17) is 4.52 Å². The Morgan fingerprint density at radius 3 is 2.90 bits per heavy atom. The second-order valence-corrected chi connectivity index (χ2v) is 7.87. The molecule has 2 aromatic heterocycles. The first-order chi connectivity index (χ1) is 14.1. The van der Waals surface area contributed by atoms with Gasteiger partial charge in [0, 0.05) is 24.4 Å². The molecule has 0 atom stereocenters. The lowest BCUT2D eigenvalue weighted by molar-refractivity contribution is -0.122. The Bertz CT molecular complexity index is 1060. The fraction of sp³-hybridized carbons (Fsp3) is 0.455. The highest BCUT2D eigenvalue weighted by molar-refractivity contribution is 5.82. The minimum absolute atomic E-state index is 0.0814. The molecule has 2 heterocycles. The summed E-state index contributed by atoms with van der Waals surface area (Å²) in [7, 11) is 0. The highest BCUT2D eigenvalue weighted by Crippen LogP contribution is 2.19. The van der Waals surface area contributed by atoms with Gasteiger partial charge >= 0.3 is 0 Å². The number of carbonyl (C=O) groups is 1. The summed E-state index contributed by atoms with van der Waals surface area (Å²) in [6, 6.07) is 7.98. The fourth-order valence-electron chi connectivity index (χ4n) is 3.89. The summed E-state index contributed by atoms with van der Waals surface area (Å²) < 4.78 is 5.29. The minimum atomic E-state index is -0.248. The summed E-state index contributed by atoms with van der Waals surface area (Å²) in [5, 5.41) is 7.98. The molecule has 29 heavy (non-hydrogen) atoms. The molecule has 7 nitrogen and oxygen atoms in total. The molecular weight excluding hydrogens is 368 g/mol. The smallest absolute Gasteiger partial charge is 0.259 e. The Labute approximate surface area is 168 Å². The van der Waals surface area contributed by atoms with E-state index < -0.39 is 0 Å². The van der Waals surface area contributed by atoms with E-state index in [9.17, 15) is 9.59 Å². The first-order valence-electron chi connectivity index (χ1n) is 10.3. The van der Waals surface area contributed by atoms with E-state index >= 15 is 0 Å². The number of benzene rings is 1. The molecule has 2 N–H and O–H groups in total. The third kappa shape index (κ3) is 4.72. The van der Waals surface area contributed by atoms with Crippen LogP contribution in [-0.2, 0) is 11.2 Å². The van der Waals surface area contributed by atoms with Crippen molar-refractivity contribution in [2.45, 2.75) is 64.3 Å². The zero-order valence-electron chi connectivity index (χ0n) is 16.7. The van der Waals surface area contributed by atoms with Gasteiger partial charge in [0.05, 0.1) is 5.56 Å². The molecule has 0 unspecified atom stereocenters. The Morgan fingerprint density at radius 2 is 2.07 bits per heavy atom. The van der Waals surface area contributed by atoms with Gasteiger partial charge in [0.2, 0.25) is 17.6 Å². The Kier molecular flexibility index (Phi) is 5.74. The van der Waals surface area contributed by atoms with Crippen LogP contribution in [0.25, 0.3) is 22.3 Å². The molecule has 4 rings (SSSR count). The van der Waals surface area contributed by atoms with Gasteiger partial charge < -0.3 is 14.8 Å². The normalized spacial score (nSPS) is 14.9. The second kappa shape index (κ2) is 8.59. The highest BCUT2D eigenvalue weighted by Gasteiger charge is 2.16. The number of hydrogen-bond acceptors (Lipinski definition) is 5. The number of nitrogens with one attached hydrogen (secondary N) is 2. The van der Waals surface area contributed by atoms with E-state index in [1.807, 2.05) is 25.1 Å². The molecule has 0 bridgehead atoms. The number of nitrogens with zero attached hydrogens (tertiary/aromatic N) is 2. The van der Waals surface area contributed by atoms with E-state index in [1.165, 1.54) is 19.3 Å². The van der Waals surface area contributed by atoms with Crippen LogP contribution in [-0.4, -0.2) is 27.1 Å². The Hall–Kier alpha value is -2.96. The topological polar surface area (TPSA) is 101 Å². The summed E-state index contributed by atoms with van der Waals surface area (Å²) in [4.78, 5) is 31.7. The van der Waals surface area contributed by atoms with E-state index in [1.54, 1.807) is 6.07 Å². The van der Waals surface area contributed by atoms with E-state index in [2.05, 4.69) is 20.4 Å². The summed E-state index contributed by atoms with van der Waals surface area (Å²) >= 11 is 0. The maximum Gasteiger partial charge on any atom is 0.259 e. The lowest BCUT2D eigenvalue weighted by Crippen LogP contribution is -2.36. The van der Waals surface area contributed by atoms with Gasteiger partial charge in [-0.15, -0.1) is 0 Å². The van der Waals surface area contributed by atoms with Gasteiger partial charge in [-0.25, -0.2) is 0 Å². The number of fused-ring (bicyclic) bond motifs is 1. The minimum Gasteiger partial charge on any atom is -0.353 e. The number of aromatic nitrogens is 3. The van der Waals surface area contributed by atoms with Crippen LogP contribution in [0.3, 0.4) is 0 Å². The lowest BCUT2D eigenvalue weighted by atomic mass is 9.95. The zero-order valence-corrected chi connectivity index (χ0v) is 16.7. The summed E-state index contributed by atoms with van der Waals surface area (Å²) in [6.07, 6.45) is 7.41. The molecule has 1 fully saturated rings. The van der Waals surface area contributed by atoms with Crippen molar-refractivity contribution in [3.8, 4) is 11.4 Å². The van der Waals surface area contributed by atoms with Crippen LogP contribution in [0.2, 0.25) is 0 Å². The molecule has 1 amide bonds. The van der Waals surface area contributed by atoms with Gasteiger partial charge in [-0.2, -0.15) is 4.98 Å². The van der Waals surface area contributed by atoms with E-state index in [0.717, 1.165) is 29.3 Å². The predicted octanol–water partition coefficient (Wildman–Crippen LogP) is 3.66. The van der Waals surface area contributed by atoms with Crippen molar-refractivity contribution in [1.82, 2.24) is 20.4 Å². The van der Waals surface area contributed by atoms with Crippen LogP contribution in [0.15, 0.2) is 33.6 Å². The quantitative estimate of drug-likeness (QED) is 0.664. The zero-order chi connectivity index (χ0) is 20.2. The van der Waals surface area contributed by atoms with Crippen LogP contribution in [0.5, 0.6) is 0 Å². The van der Waals surface area contributed by atoms with Crippen molar-refractivity contribution in [2.75, 3.05) is 0 Å². The highest BCUT2D eigenvalue weighted by atomic mass is 16.5. The molecule has 3 aromatic rings. The molecule has 1 aliphatic rings. The van der Waals surface area contributed by atoms with Crippen molar-refractivity contribution >= 4 is 16.8 Å². The number of pyridine rings is 1. The molecule has 0 aliphatic heterocycles. The third-order valence-electron chi connectivity index (χ3n) is 5.48. The largest absolute Gasteiger partial charge is 0.353 e. The molecule has 0 saturated heterocycles. The molecule has 1 aromatic carbocycles. The van der Waals surface area contributed by atoms with Crippen molar-refractivity contribution in [1.29, 1.82) is 0 Å². The average Bonchev–Trinajstić information content (AvgIpc) is 3.17. The molecule has 7 heteroatoms. The summed E-state index contributed by atoms with van der Waals surface area (Å²) in [5.41, 5.74) is 2.00. The van der Waals surface area contributed by atoms with Crippen molar-refractivity contribution in [3.63, 3.8) is 0 Å². The van der Waals surface area contributed by atoms with E-state index in [-0.39, 0.29) is 17.3 Å². The van der Waals surface area contributed by atoms with Crippen LogP contribution in [0, 0.1) is 6.92 Å². The third-order valence-corrected chi connectivity index (χ3v) is 5.48. The van der Waals surface area contributed by atoms with E-state index in [0.29, 0.717) is 36.8 Å². The average molecular weight is 394 g/mol. The maximum atomic E-state index is 12.4.